The van der Waals surface area contributed by atoms with Gasteiger partial charge in [-0.05, 0) is 12.5 Å². The molecule has 1 aromatic heterocycles. The number of carbonyl (C=O) groups excluding carboxylic acids is 1. The van der Waals surface area contributed by atoms with E-state index in [9.17, 15) is 9.59 Å². The molecule has 7 heteroatoms. The summed E-state index contributed by atoms with van der Waals surface area (Å²) in [5.41, 5.74) is 0.0588. The fourth-order valence-corrected chi connectivity index (χ4v) is 2.33. The number of aliphatic imine (C=N–C) groups is 1. The van der Waals surface area contributed by atoms with E-state index in [1.165, 1.54) is 28.6 Å². The maximum absolute atomic E-state index is 12.0. The molecule has 0 unspecified atom stereocenters. The highest BCUT2D eigenvalue weighted by Gasteiger charge is 2.14. The molecule has 19 heavy (non-hydrogen) atoms. The summed E-state index contributed by atoms with van der Waals surface area (Å²) in [6.07, 6.45) is 1.83. The first kappa shape index (κ1) is 13.8. The molecular formula is C12H16N4O2S. The number of aryl methyl sites for hydroxylation is 1. The minimum absolute atomic E-state index is 0.183. The van der Waals surface area contributed by atoms with Gasteiger partial charge in [-0.15, -0.1) is 0 Å². The Kier molecular flexibility index (Phi) is 4.73. The van der Waals surface area contributed by atoms with E-state index >= 15 is 0 Å². The topological polar surface area (TPSA) is 76.3 Å². The number of amidine groups is 1. The van der Waals surface area contributed by atoms with Crippen LogP contribution in [0.5, 0.6) is 0 Å². The number of carbonyl (C=O) groups is 1. The lowest BCUT2D eigenvalue weighted by Crippen LogP contribution is -2.31. The van der Waals surface area contributed by atoms with Gasteiger partial charge in [0.15, 0.2) is 5.17 Å². The van der Waals surface area contributed by atoms with E-state index in [1.54, 1.807) is 0 Å². The van der Waals surface area contributed by atoms with Crippen LogP contribution in [0.4, 0.5) is 0 Å². The van der Waals surface area contributed by atoms with Crippen LogP contribution in [0.2, 0.25) is 0 Å². The van der Waals surface area contributed by atoms with Crippen LogP contribution in [0.15, 0.2) is 21.9 Å². The van der Waals surface area contributed by atoms with Crippen molar-refractivity contribution in [3.63, 3.8) is 0 Å². The third-order valence-electron chi connectivity index (χ3n) is 2.63. The Morgan fingerprint density at radius 2 is 2.37 bits per heavy atom. The first-order valence-corrected chi connectivity index (χ1v) is 7.26. The monoisotopic (exact) mass is 280 g/mol. The van der Waals surface area contributed by atoms with Crippen molar-refractivity contribution in [2.45, 2.75) is 26.3 Å². The minimum Gasteiger partial charge on any atom is -0.300 e. The first-order chi connectivity index (χ1) is 9.20. The molecule has 1 aromatic rings. The Hall–Kier alpha value is -1.63. The molecule has 1 N–H and O–H groups in total. The number of rotatable bonds is 4. The van der Waals surface area contributed by atoms with Crippen molar-refractivity contribution >= 4 is 22.8 Å². The summed E-state index contributed by atoms with van der Waals surface area (Å²) in [7, 11) is 0. The number of amides is 1. The van der Waals surface area contributed by atoms with E-state index in [2.05, 4.69) is 15.4 Å². The molecule has 0 atom stereocenters. The molecule has 1 amide bonds. The average molecular weight is 280 g/mol. The smallest absolute Gasteiger partial charge is 0.277 e. The van der Waals surface area contributed by atoms with Crippen LogP contribution in [0.25, 0.3) is 0 Å². The highest BCUT2D eigenvalue weighted by atomic mass is 32.2. The highest BCUT2D eigenvalue weighted by Crippen LogP contribution is 2.09. The van der Waals surface area contributed by atoms with Gasteiger partial charge in [0.05, 0.1) is 6.54 Å². The van der Waals surface area contributed by atoms with Gasteiger partial charge < -0.3 is 0 Å². The Morgan fingerprint density at radius 1 is 1.53 bits per heavy atom. The zero-order valence-corrected chi connectivity index (χ0v) is 11.6. The molecule has 6 nitrogen and oxygen atoms in total. The second-order valence-corrected chi connectivity index (χ2v) is 5.21. The largest absolute Gasteiger partial charge is 0.300 e. The molecule has 2 heterocycles. The molecule has 1 aliphatic rings. The van der Waals surface area contributed by atoms with E-state index in [4.69, 9.17) is 0 Å². The van der Waals surface area contributed by atoms with Crippen LogP contribution in [0, 0.1) is 0 Å². The quantitative estimate of drug-likeness (QED) is 0.888. The molecule has 0 aromatic carbocycles. The SMILES string of the molecule is CCCCn1nc(C(=O)NC2=NCCS2)ccc1=O. The van der Waals surface area contributed by atoms with Gasteiger partial charge in [0.25, 0.3) is 11.5 Å². The number of unbranched alkanes of at least 4 members (excludes halogenated alkanes) is 1. The third-order valence-corrected chi connectivity index (χ3v) is 3.52. The van der Waals surface area contributed by atoms with Gasteiger partial charge in [0.2, 0.25) is 0 Å². The lowest BCUT2D eigenvalue weighted by atomic mass is 10.3. The summed E-state index contributed by atoms with van der Waals surface area (Å²) in [4.78, 5) is 27.7. The fraction of sp³-hybridized carbons (Fsp3) is 0.500. The third kappa shape index (κ3) is 3.66. The van der Waals surface area contributed by atoms with E-state index in [-0.39, 0.29) is 17.2 Å². The number of thioether (sulfide) groups is 1. The molecule has 102 valence electrons. The molecule has 0 saturated heterocycles. The van der Waals surface area contributed by atoms with Crippen molar-refractivity contribution in [2.75, 3.05) is 12.3 Å². The number of nitrogens with one attached hydrogen (secondary N) is 1. The van der Waals surface area contributed by atoms with Crippen molar-refractivity contribution in [1.82, 2.24) is 15.1 Å². The Morgan fingerprint density at radius 3 is 3.05 bits per heavy atom. The standard InChI is InChI=1S/C12H16N4O2S/c1-2-3-7-16-10(17)5-4-9(15-16)11(18)14-12-13-6-8-19-12/h4-5H,2-3,6-8H2,1H3,(H,13,14,18). The first-order valence-electron chi connectivity index (χ1n) is 6.27. The molecule has 0 bridgehead atoms. The Labute approximate surface area is 115 Å². The van der Waals surface area contributed by atoms with Crippen molar-refractivity contribution < 1.29 is 4.79 Å². The van der Waals surface area contributed by atoms with E-state index < -0.39 is 0 Å². The number of hydrogen-bond donors (Lipinski definition) is 1. The summed E-state index contributed by atoms with van der Waals surface area (Å²) in [6.45, 7) is 3.30. The molecule has 2 rings (SSSR count). The lowest BCUT2D eigenvalue weighted by molar-refractivity contribution is 0.0970. The number of hydrogen-bond acceptors (Lipinski definition) is 5. The number of nitrogens with zero attached hydrogens (tertiary/aromatic N) is 3. The van der Waals surface area contributed by atoms with Crippen molar-refractivity contribution in [3.8, 4) is 0 Å². The van der Waals surface area contributed by atoms with Crippen LogP contribution < -0.4 is 10.9 Å². The van der Waals surface area contributed by atoms with Gasteiger partial charge >= 0.3 is 0 Å². The zero-order chi connectivity index (χ0) is 13.7. The van der Waals surface area contributed by atoms with E-state index in [0.29, 0.717) is 11.7 Å². The van der Waals surface area contributed by atoms with Crippen LogP contribution in [-0.4, -0.2) is 33.2 Å². The summed E-state index contributed by atoms with van der Waals surface area (Å²) < 4.78 is 1.34. The molecule has 0 radical (unpaired) electrons. The van der Waals surface area contributed by atoms with Crippen LogP contribution >= 0.6 is 11.8 Å². The molecule has 0 aliphatic carbocycles. The molecule has 0 spiro atoms. The molecule has 0 saturated carbocycles. The summed E-state index contributed by atoms with van der Waals surface area (Å²) in [5, 5.41) is 7.40. The predicted molar refractivity (Wildman–Crippen MR) is 75.6 cm³/mol. The van der Waals surface area contributed by atoms with Gasteiger partial charge in [-0.3, -0.25) is 19.9 Å². The zero-order valence-electron chi connectivity index (χ0n) is 10.8. The fourth-order valence-electron chi connectivity index (χ4n) is 1.61. The molecule has 1 aliphatic heterocycles. The second-order valence-electron chi connectivity index (χ2n) is 4.12. The maximum atomic E-state index is 12.0. The van der Waals surface area contributed by atoms with Crippen LogP contribution in [0.1, 0.15) is 30.3 Å². The van der Waals surface area contributed by atoms with Crippen molar-refractivity contribution in [1.29, 1.82) is 0 Å². The lowest BCUT2D eigenvalue weighted by Gasteiger charge is -2.06. The van der Waals surface area contributed by atoms with Gasteiger partial charge in [-0.25, -0.2) is 4.68 Å². The minimum atomic E-state index is -0.321. The van der Waals surface area contributed by atoms with Crippen molar-refractivity contribution in [2.24, 2.45) is 4.99 Å². The summed E-state index contributed by atoms with van der Waals surface area (Å²) >= 11 is 1.51. The number of aromatic nitrogens is 2. The van der Waals surface area contributed by atoms with Gasteiger partial charge in [-0.2, -0.15) is 5.10 Å². The second kappa shape index (κ2) is 6.51. The molecule has 0 fully saturated rings. The normalized spacial score (nSPS) is 14.3. The Bertz CT molecular complexity index is 553. The van der Waals surface area contributed by atoms with Crippen LogP contribution in [-0.2, 0) is 6.54 Å². The van der Waals surface area contributed by atoms with Gasteiger partial charge in [-0.1, -0.05) is 25.1 Å². The van der Waals surface area contributed by atoms with E-state index in [0.717, 1.165) is 25.1 Å². The van der Waals surface area contributed by atoms with E-state index in [1.807, 2.05) is 6.92 Å². The molecular weight excluding hydrogens is 264 g/mol. The van der Waals surface area contributed by atoms with Gasteiger partial charge in [0, 0.05) is 18.4 Å². The van der Waals surface area contributed by atoms with Crippen molar-refractivity contribution in [3.05, 3.63) is 28.2 Å². The van der Waals surface area contributed by atoms with Gasteiger partial charge in [0.1, 0.15) is 5.69 Å². The summed E-state index contributed by atoms with van der Waals surface area (Å²) in [5.74, 6) is 0.567. The highest BCUT2D eigenvalue weighted by molar-refractivity contribution is 8.14. The summed E-state index contributed by atoms with van der Waals surface area (Å²) in [6, 6.07) is 2.82. The maximum Gasteiger partial charge on any atom is 0.277 e. The Balaban J connectivity index is 2.10. The van der Waals surface area contributed by atoms with Crippen LogP contribution in [0.3, 0.4) is 0 Å². The average Bonchev–Trinajstić information content (AvgIpc) is 2.90. The predicted octanol–water partition coefficient (Wildman–Crippen LogP) is 0.876.